The van der Waals surface area contributed by atoms with Crippen molar-refractivity contribution in [1.29, 1.82) is 0 Å². The number of hydrogen-bond donors (Lipinski definition) is 3. The molecule has 0 atom stereocenters. The Morgan fingerprint density at radius 3 is 2.73 bits per heavy atom. The maximum Gasteiger partial charge on any atom is 0.272 e. The molecule has 2 heterocycles. The van der Waals surface area contributed by atoms with E-state index in [2.05, 4.69) is 25.6 Å². The molecule has 2 aromatic carbocycles. The summed E-state index contributed by atoms with van der Waals surface area (Å²) >= 11 is 7.47. The van der Waals surface area contributed by atoms with Gasteiger partial charge in [0.1, 0.15) is 16.0 Å². The third kappa shape index (κ3) is 4.84. The van der Waals surface area contributed by atoms with Gasteiger partial charge >= 0.3 is 0 Å². The Kier molecular flexibility index (Phi) is 6.37. The lowest BCUT2D eigenvalue weighted by atomic mass is 10.2. The molecule has 0 aliphatic heterocycles. The van der Waals surface area contributed by atoms with Gasteiger partial charge in [-0.15, -0.1) is 11.3 Å². The van der Waals surface area contributed by atoms with Crippen molar-refractivity contribution in [3.63, 3.8) is 0 Å². The molecule has 154 valence electrons. The Balaban J connectivity index is 1.28. The minimum atomic E-state index is -0.416. The second kappa shape index (κ2) is 9.34. The molecule has 4 rings (SSSR count). The van der Waals surface area contributed by atoms with Gasteiger partial charge in [-0.2, -0.15) is 0 Å². The fraction of sp³-hybridized carbons (Fsp3) is 0.190. The normalized spacial score (nSPS) is 11.1. The summed E-state index contributed by atoms with van der Waals surface area (Å²) in [4.78, 5) is 24.5. The summed E-state index contributed by atoms with van der Waals surface area (Å²) < 4.78 is 14.0. The molecule has 0 saturated carbocycles. The number of nitrogens with one attached hydrogen (secondary N) is 3. The van der Waals surface area contributed by atoms with Crippen LogP contribution >= 0.6 is 22.9 Å². The number of fused-ring (bicyclic) bond motifs is 1. The van der Waals surface area contributed by atoms with Crippen LogP contribution in [0.3, 0.4) is 0 Å². The number of H-pyrrole nitrogens is 1. The molecule has 0 spiro atoms. The number of aromatic nitrogens is 3. The van der Waals surface area contributed by atoms with Gasteiger partial charge in [0, 0.05) is 25.1 Å². The number of carbonyl (C=O) groups excluding carboxylic acids is 1. The van der Waals surface area contributed by atoms with Crippen molar-refractivity contribution in [3.8, 4) is 0 Å². The molecule has 1 amide bonds. The summed E-state index contributed by atoms with van der Waals surface area (Å²) in [6, 6.07) is 14.2. The second-order valence-electron chi connectivity index (χ2n) is 6.63. The Bertz CT molecular complexity index is 1140. The van der Waals surface area contributed by atoms with Crippen molar-refractivity contribution in [3.05, 3.63) is 80.8 Å². The Morgan fingerprint density at radius 2 is 1.90 bits per heavy atom. The fourth-order valence-corrected chi connectivity index (χ4v) is 4.16. The summed E-state index contributed by atoms with van der Waals surface area (Å²) in [5.74, 6) is 0.0842. The van der Waals surface area contributed by atoms with Crippen LogP contribution in [0.25, 0.3) is 11.0 Å². The molecule has 6 nitrogen and oxygen atoms in total. The van der Waals surface area contributed by atoms with Crippen molar-refractivity contribution in [2.75, 3.05) is 6.54 Å². The van der Waals surface area contributed by atoms with Crippen LogP contribution < -0.4 is 10.6 Å². The zero-order valence-electron chi connectivity index (χ0n) is 15.9. The van der Waals surface area contributed by atoms with E-state index in [1.54, 1.807) is 18.2 Å². The molecule has 9 heteroatoms. The first kappa shape index (κ1) is 20.5. The first-order chi connectivity index (χ1) is 14.6. The van der Waals surface area contributed by atoms with Gasteiger partial charge in [-0.25, -0.2) is 14.4 Å². The molecule has 30 heavy (non-hydrogen) atoms. The Labute approximate surface area is 181 Å². The minimum absolute atomic E-state index is 0.0771. The number of aromatic amines is 1. The SMILES string of the molecule is O=C(NCc1ccccc1F)c1nc(CCNCc2nc3ccccc3[nH]2)sc1Cl. The van der Waals surface area contributed by atoms with E-state index in [-0.39, 0.29) is 18.1 Å². The van der Waals surface area contributed by atoms with Crippen LogP contribution in [0.15, 0.2) is 48.5 Å². The predicted octanol–water partition coefficient (Wildman–Crippen LogP) is 4.07. The summed E-state index contributed by atoms with van der Waals surface area (Å²) in [7, 11) is 0. The molecule has 0 radical (unpaired) electrons. The summed E-state index contributed by atoms with van der Waals surface area (Å²) in [5, 5.41) is 6.73. The average molecular weight is 444 g/mol. The number of rotatable bonds is 8. The van der Waals surface area contributed by atoms with E-state index in [1.165, 1.54) is 17.4 Å². The standard InChI is InChI=1S/C21H19ClFN5OS/c22-20-19(21(29)25-11-13-5-1-2-6-14(13)23)28-18(30-20)9-10-24-12-17-26-15-7-3-4-8-16(15)27-17/h1-8,24H,9-12H2,(H,25,29)(H,26,27). The van der Waals surface area contributed by atoms with Crippen molar-refractivity contribution >= 4 is 39.9 Å². The highest BCUT2D eigenvalue weighted by atomic mass is 35.5. The summed E-state index contributed by atoms with van der Waals surface area (Å²) in [6.45, 7) is 1.34. The van der Waals surface area contributed by atoms with Crippen LogP contribution in [-0.2, 0) is 19.5 Å². The van der Waals surface area contributed by atoms with Crippen molar-refractivity contribution < 1.29 is 9.18 Å². The lowest BCUT2D eigenvalue weighted by Gasteiger charge is -2.04. The monoisotopic (exact) mass is 443 g/mol. The zero-order chi connectivity index (χ0) is 20.9. The van der Waals surface area contributed by atoms with Crippen molar-refractivity contribution in [1.82, 2.24) is 25.6 Å². The third-order valence-electron chi connectivity index (χ3n) is 4.49. The van der Waals surface area contributed by atoms with E-state index in [9.17, 15) is 9.18 Å². The highest BCUT2D eigenvalue weighted by Gasteiger charge is 2.17. The maximum absolute atomic E-state index is 13.7. The average Bonchev–Trinajstić information content (AvgIpc) is 3.33. The van der Waals surface area contributed by atoms with Crippen molar-refractivity contribution in [2.45, 2.75) is 19.5 Å². The second-order valence-corrected chi connectivity index (χ2v) is 8.32. The van der Waals surface area contributed by atoms with Crippen LogP contribution in [0.4, 0.5) is 4.39 Å². The van der Waals surface area contributed by atoms with Gasteiger partial charge in [-0.1, -0.05) is 41.9 Å². The molecule has 0 unspecified atom stereocenters. The maximum atomic E-state index is 13.7. The largest absolute Gasteiger partial charge is 0.346 e. The van der Waals surface area contributed by atoms with Crippen molar-refractivity contribution in [2.24, 2.45) is 0 Å². The molecule has 0 fully saturated rings. The fourth-order valence-electron chi connectivity index (χ4n) is 2.98. The number of benzene rings is 2. The third-order valence-corrected chi connectivity index (χ3v) is 5.80. The predicted molar refractivity (Wildman–Crippen MR) is 116 cm³/mol. The molecule has 0 bridgehead atoms. The smallest absolute Gasteiger partial charge is 0.272 e. The van der Waals surface area contributed by atoms with E-state index in [1.807, 2.05) is 24.3 Å². The number of carbonyl (C=O) groups is 1. The first-order valence-corrected chi connectivity index (χ1v) is 10.6. The van der Waals surface area contributed by atoms with Gasteiger partial charge in [-0.05, 0) is 18.2 Å². The van der Waals surface area contributed by atoms with E-state index < -0.39 is 5.91 Å². The van der Waals surface area contributed by atoms with Crippen LogP contribution in [-0.4, -0.2) is 27.4 Å². The molecule has 0 saturated heterocycles. The Hall–Kier alpha value is -2.81. The quantitative estimate of drug-likeness (QED) is 0.358. The molecular formula is C21H19ClFN5OS. The molecular weight excluding hydrogens is 425 g/mol. The molecule has 4 aromatic rings. The van der Waals surface area contributed by atoms with E-state index in [0.717, 1.165) is 21.9 Å². The number of hydrogen-bond acceptors (Lipinski definition) is 5. The number of para-hydroxylation sites is 2. The van der Waals surface area contributed by atoms with Gasteiger partial charge in [-0.3, -0.25) is 4.79 Å². The number of amides is 1. The molecule has 0 aliphatic rings. The number of nitrogens with zero attached hydrogens (tertiary/aromatic N) is 2. The Morgan fingerprint density at radius 1 is 1.10 bits per heavy atom. The first-order valence-electron chi connectivity index (χ1n) is 9.41. The van der Waals surface area contributed by atoms with Gasteiger partial charge in [0.15, 0.2) is 5.69 Å². The minimum Gasteiger partial charge on any atom is -0.346 e. The highest BCUT2D eigenvalue weighted by Crippen LogP contribution is 2.24. The van der Waals surface area contributed by atoms with Gasteiger partial charge < -0.3 is 15.6 Å². The van der Waals surface area contributed by atoms with Crippen LogP contribution in [0.5, 0.6) is 0 Å². The topological polar surface area (TPSA) is 82.7 Å². The van der Waals surface area contributed by atoms with E-state index >= 15 is 0 Å². The molecule has 2 aromatic heterocycles. The van der Waals surface area contributed by atoms with E-state index in [4.69, 9.17) is 11.6 Å². The highest BCUT2D eigenvalue weighted by molar-refractivity contribution is 7.16. The van der Waals surface area contributed by atoms with Gasteiger partial charge in [0.05, 0.1) is 22.6 Å². The zero-order valence-corrected chi connectivity index (χ0v) is 17.5. The summed E-state index contributed by atoms with van der Waals surface area (Å²) in [5.41, 5.74) is 2.52. The van der Waals surface area contributed by atoms with Crippen LogP contribution in [0, 0.1) is 5.82 Å². The van der Waals surface area contributed by atoms with Gasteiger partial charge in [0.25, 0.3) is 5.91 Å². The number of halogens is 2. The lowest BCUT2D eigenvalue weighted by molar-refractivity contribution is 0.0946. The number of thiazole rings is 1. The van der Waals surface area contributed by atoms with Crippen LogP contribution in [0.2, 0.25) is 4.34 Å². The summed E-state index contributed by atoms with van der Waals surface area (Å²) in [6.07, 6.45) is 0.630. The lowest BCUT2D eigenvalue weighted by Crippen LogP contribution is -2.24. The van der Waals surface area contributed by atoms with Crippen LogP contribution in [0.1, 0.15) is 26.9 Å². The number of imidazole rings is 1. The molecule has 0 aliphatic carbocycles. The van der Waals surface area contributed by atoms with E-state index in [0.29, 0.717) is 29.4 Å². The molecule has 3 N–H and O–H groups in total. The van der Waals surface area contributed by atoms with Gasteiger partial charge in [0.2, 0.25) is 0 Å².